The fraction of sp³-hybridized carbons (Fsp3) is 0.333. The molecule has 0 atom stereocenters. The Morgan fingerprint density at radius 2 is 1.93 bits per heavy atom. The summed E-state index contributed by atoms with van der Waals surface area (Å²) >= 11 is 0. The maximum absolute atomic E-state index is 3.81. The molecular weight excluding hydrogens is 186 g/mol. The molecule has 0 saturated heterocycles. The Hall–Kier alpha value is -0.863. The summed E-state index contributed by atoms with van der Waals surface area (Å²) in [5, 5.41) is 0. The summed E-state index contributed by atoms with van der Waals surface area (Å²) in [6, 6.07) is 10.6. The molecule has 1 rings (SSSR count). The third kappa shape index (κ3) is 3.48. The third-order valence-corrected chi connectivity index (χ3v) is 4.18. The van der Waals surface area contributed by atoms with Crippen LogP contribution in [0.3, 0.4) is 0 Å². The summed E-state index contributed by atoms with van der Waals surface area (Å²) in [5.41, 5.74) is 1.40. The smallest absolute Gasteiger partial charge is 0.106 e. The van der Waals surface area contributed by atoms with E-state index < -0.39 is 8.96 Å². The van der Waals surface area contributed by atoms with Crippen LogP contribution >= 0.6 is 0 Å². The molecule has 1 aromatic carbocycles. The molecule has 2 heteroatoms. The Morgan fingerprint density at radius 1 is 1.29 bits per heavy atom. The van der Waals surface area contributed by atoms with E-state index in [1.54, 1.807) is 0 Å². The van der Waals surface area contributed by atoms with E-state index in [1.807, 2.05) is 6.08 Å². The van der Waals surface area contributed by atoms with Crippen molar-refractivity contribution in [3.63, 3.8) is 0 Å². The van der Waals surface area contributed by atoms with Crippen molar-refractivity contribution in [3.8, 4) is 0 Å². The molecule has 0 aromatic heterocycles. The number of hydrogen-bond acceptors (Lipinski definition) is 1. The molecule has 76 valence electrons. The highest BCUT2D eigenvalue weighted by Crippen LogP contribution is 2.06. The maximum atomic E-state index is 3.81. The van der Waals surface area contributed by atoms with Crippen LogP contribution in [0.4, 0.5) is 0 Å². The zero-order chi connectivity index (χ0) is 10.4. The number of rotatable bonds is 5. The van der Waals surface area contributed by atoms with Crippen LogP contribution in [-0.4, -0.2) is 20.1 Å². The average molecular weight is 205 g/mol. The van der Waals surface area contributed by atoms with Gasteiger partial charge < -0.3 is 4.57 Å². The SMILES string of the molecule is C=CCN(Cc1ccccc1)[SiH](C)C. The van der Waals surface area contributed by atoms with Crippen LogP contribution in [0.1, 0.15) is 5.56 Å². The van der Waals surface area contributed by atoms with Gasteiger partial charge in [-0.25, -0.2) is 0 Å². The van der Waals surface area contributed by atoms with Crippen molar-refractivity contribution in [2.45, 2.75) is 19.6 Å². The van der Waals surface area contributed by atoms with Crippen LogP contribution in [0.5, 0.6) is 0 Å². The molecule has 0 radical (unpaired) electrons. The minimum Gasteiger partial charge on any atom is -0.319 e. The standard InChI is InChI=1S/C12H19NSi/c1-4-10-13(14(2)3)11-12-8-6-5-7-9-12/h4-9,14H,1,10-11H2,2-3H3. The van der Waals surface area contributed by atoms with Crippen LogP contribution in [0, 0.1) is 0 Å². The van der Waals surface area contributed by atoms with Gasteiger partial charge in [0.25, 0.3) is 0 Å². The van der Waals surface area contributed by atoms with Crippen molar-refractivity contribution in [3.05, 3.63) is 48.6 Å². The fourth-order valence-corrected chi connectivity index (χ4v) is 2.59. The summed E-state index contributed by atoms with van der Waals surface area (Å²) in [5.74, 6) is 0. The number of hydrogen-bond donors (Lipinski definition) is 0. The van der Waals surface area contributed by atoms with Gasteiger partial charge in [0.15, 0.2) is 0 Å². The van der Waals surface area contributed by atoms with E-state index in [9.17, 15) is 0 Å². The maximum Gasteiger partial charge on any atom is 0.106 e. The summed E-state index contributed by atoms with van der Waals surface area (Å²) < 4.78 is 2.53. The van der Waals surface area contributed by atoms with Gasteiger partial charge in [-0.05, 0) is 5.56 Å². The Balaban J connectivity index is 2.60. The Bertz CT molecular complexity index is 269. The lowest BCUT2D eigenvalue weighted by atomic mass is 10.2. The molecule has 1 aromatic rings. The molecule has 0 fully saturated rings. The van der Waals surface area contributed by atoms with Crippen molar-refractivity contribution in [1.29, 1.82) is 0 Å². The van der Waals surface area contributed by atoms with Crippen molar-refractivity contribution >= 4 is 8.96 Å². The largest absolute Gasteiger partial charge is 0.319 e. The Labute approximate surface area is 88.7 Å². The minimum atomic E-state index is -0.711. The second kappa shape index (κ2) is 5.78. The van der Waals surface area contributed by atoms with E-state index in [0.29, 0.717) is 0 Å². The van der Waals surface area contributed by atoms with Gasteiger partial charge in [-0.15, -0.1) is 6.58 Å². The molecule has 0 heterocycles. The summed E-state index contributed by atoms with van der Waals surface area (Å²) in [4.78, 5) is 0. The van der Waals surface area contributed by atoms with Gasteiger partial charge in [-0.2, -0.15) is 0 Å². The van der Waals surface area contributed by atoms with Gasteiger partial charge in [0, 0.05) is 13.1 Å². The predicted molar refractivity (Wildman–Crippen MR) is 65.9 cm³/mol. The molecule has 0 saturated carbocycles. The zero-order valence-electron chi connectivity index (χ0n) is 9.11. The first-order valence-electron chi connectivity index (χ1n) is 5.13. The molecule has 0 aliphatic rings. The fourth-order valence-electron chi connectivity index (χ4n) is 1.44. The normalized spacial score (nSPS) is 10.9. The first kappa shape index (κ1) is 11.2. The first-order valence-corrected chi connectivity index (χ1v) is 7.95. The third-order valence-electron chi connectivity index (χ3n) is 2.32. The monoisotopic (exact) mass is 205 g/mol. The van der Waals surface area contributed by atoms with Crippen molar-refractivity contribution in [2.75, 3.05) is 6.54 Å². The molecule has 0 aliphatic carbocycles. The summed E-state index contributed by atoms with van der Waals surface area (Å²) in [6.07, 6.45) is 2.00. The van der Waals surface area contributed by atoms with Crippen molar-refractivity contribution < 1.29 is 0 Å². The van der Waals surface area contributed by atoms with Gasteiger partial charge in [0.2, 0.25) is 0 Å². The van der Waals surface area contributed by atoms with Crippen LogP contribution in [0.2, 0.25) is 13.1 Å². The lowest BCUT2D eigenvalue weighted by Gasteiger charge is -2.24. The molecule has 0 aliphatic heterocycles. The topological polar surface area (TPSA) is 3.24 Å². The highest BCUT2D eigenvalue weighted by Gasteiger charge is 2.08. The van der Waals surface area contributed by atoms with Gasteiger partial charge >= 0.3 is 0 Å². The van der Waals surface area contributed by atoms with Crippen LogP contribution in [0.15, 0.2) is 43.0 Å². The molecule has 0 N–H and O–H groups in total. The molecular formula is C12H19NSi. The van der Waals surface area contributed by atoms with Gasteiger partial charge in [0.1, 0.15) is 8.96 Å². The number of benzene rings is 1. The Kier molecular flexibility index (Phi) is 4.63. The van der Waals surface area contributed by atoms with Gasteiger partial charge in [-0.1, -0.05) is 49.5 Å². The lowest BCUT2D eigenvalue weighted by molar-refractivity contribution is 0.475. The molecule has 0 bridgehead atoms. The van der Waals surface area contributed by atoms with Crippen molar-refractivity contribution in [2.24, 2.45) is 0 Å². The van der Waals surface area contributed by atoms with E-state index in [1.165, 1.54) is 5.56 Å². The van der Waals surface area contributed by atoms with E-state index >= 15 is 0 Å². The first-order chi connectivity index (χ1) is 6.74. The van der Waals surface area contributed by atoms with Crippen LogP contribution in [0.25, 0.3) is 0 Å². The minimum absolute atomic E-state index is 0.711. The van der Waals surface area contributed by atoms with E-state index in [2.05, 4.69) is 54.6 Å². The van der Waals surface area contributed by atoms with E-state index in [0.717, 1.165) is 13.1 Å². The van der Waals surface area contributed by atoms with E-state index in [4.69, 9.17) is 0 Å². The highest BCUT2D eigenvalue weighted by atomic mass is 28.3. The van der Waals surface area contributed by atoms with Crippen LogP contribution in [-0.2, 0) is 6.54 Å². The second-order valence-corrected chi connectivity index (χ2v) is 6.72. The molecule has 1 nitrogen and oxygen atoms in total. The molecule has 0 spiro atoms. The van der Waals surface area contributed by atoms with Gasteiger partial charge in [0.05, 0.1) is 0 Å². The second-order valence-electron chi connectivity index (χ2n) is 3.80. The Morgan fingerprint density at radius 3 is 2.43 bits per heavy atom. The zero-order valence-corrected chi connectivity index (χ0v) is 10.3. The molecule has 0 amide bonds. The lowest BCUT2D eigenvalue weighted by Crippen LogP contribution is -2.33. The predicted octanol–water partition coefficient (Wildman–Crippen LogP) is 2.66. The van der Waals surface area contributed by atoms with Gasteiger partial charge in [-0.3, -0.25) is 0 Å². The van der Waals surface area contributed by atoms with E-state index in [-0.39, 0.29) is 0 Å². The quantitative estimate of drug-likeness (QED) is 0.528. The van der Waals surface area contributed by atoms with Crippen LogP contribution < -0.4 is 0 Å². The molecule has 0 unspecified atom stereocenters. The summed E-state index contributed by atoms with van der Waals surface area (Å²) in [6.45, 7) is 10.6. The molecule has 14 heavy (non-hydrogen) atoms. The van der Waals surface area contributed by atoms with Crippen molar-refractivity contribution in [1.82, 2.24) is 4.57 Å². The highest BCUT2D eigenvalue weighted by molar-refractivity contribution is 6.52. The average Bonchev–Trinajstić information content (AvgIpc) is 2.18. The summed E-state index contributed by atoms with van der Waals surface area (Å²) in [7, 11) is -0.711. The number of nitrogens with zero attached hydrogens (tertiary/aromatic N) is 1.